The van der Waals surface area contributed by atoms with E-state index in [1.54, 1.807) is 0 Å². The van der Waals surface area contributed by atoms with Gasteiger partial charge in [-0.2, -0.15) is 10.1 Å². The number of likely N-dealkylation sites (N-methyl/N-ethyl adjacent to an activating group) is 1. The number of halogens is 1. The van der Waals surface area contributed by atoms with E-state index >= 15 is 0 Å². The van der Waals surface area contributed by atoms with Gasteiger partial charge in [0.2, 0.25) is 11.9 Å². The van der Waals surface area contributed by atoms with Crippen LogP contribution >= 0.6 is 15.9 Å². The third-order valence-corrected chi connectivity index (χ3v) is 6.50. The van der Waals surface area contributed by atoms with E-state index in [9.17, 15) is 4.79 Å². The van der Waals surface area contributed by atoms with E-state index < -0.39 is 0 Å². The lowest BCUT2D eigenvalue weighted by Crippen LogP contribution is -2.44. The molecule has 2 aromatic heterocycles. The first-order valence-corrected chi connectivity index (χ1v) is 12.1. The summed E-state index contributed by atoms with van der Waals surface area (Å²) in [5.74, 6) is 0.157. The van der Waals surface area contributed by atoms with Crippen molar-refractivity contribution >= 4 is 55.9 Å². The van der Waals surface area contributed by atoms with Crippen LogP contribution in [0, 0.1) is 0 Å². The van der Waals surface area contributed by atoms with Crippen LogP contribution in [0.5, 0.6) is 0 Å². The van der Waals surface area contributed by atoms with Crippen molar-refractivity contribution < 1.29 is 4.79 Å². The van der Waals surface area contributed by atoms with Gasteiger partial charge in [0.25, 0.3) is 0 Å². The molecule has 9 nitrogen and oxygen atoms in total. The summed E-state index contributed by atoms with van der Waals surface area (Å²) in [6, 6.07) is 15.7. The number of hydrogen-bond acceptors (Lipinski definition) is 7. The lowest BCUT2D eigenvalue weighted by atomic mass is 10.1. The fraction of sp³-hybridized carbons (Fsp3) is 0.200. The van der Waals surface area contributed by atoms with Crippen molar-refractivity contribution in [1.29, 1.82) is 0 Å². The van der Waals surface area contributed by atoms with Gasteiger partial charge < -0.3 is 20.4 Å². The third-order valence-electron chi connectivity index (χ3n) is 5.93. The van der Waals surface area contributed by atoms with Gasteiger partial charge in [-0.1, -0.05) is 24.8 Å². The summed E-state index contributed by atoms with van der Waals surface area (Å²) >= 11 is 3.52. The number of fused-ring (bicyclic) bond motifs is 1. The van der Waals surface area contributed by atoms with E-state index in [2.05, 4.69) is 77.3 Å². The number of carbonyl (C=O) groups excluding carboxylic acids is 1. The Morgan fingerprint density at radius 3 is 2.66 bits per heavy atom. The van der Waals surface area contributed by atoms with Gasteiger partial charge in [0, 0.05) is 48.8 Å². The highest BCUT2D eigenvalue weighted by atomic mass is 79.9. The van der Waals surface area contributed by atoms with Gasteiger partial charge >= 0.3 is 0 Å². The number of carbonyl (C=O) groups is 1. The molecule has 1 amide bonds. The number of piperazine rings is 1. The Morgan fingerprint density at radius 2 is 1.86 bits per heavy atom. The minimum atomic E-state index is -0.276. The summed E-state index contributed by atoms with van der Waals surface area (Å²) in [7, 11) is 2.15. The Balaban J connectivity index is 1.48. The molecule has 1 aliphatic rings. The molecule has 4 aromatic rings. The molecular weight excluding hydrogens is 508 g/mol. The third kappa shape index (κ3) is 5.03. The molecule has 0 aliphatic carbocycles. The Morgan fingerprint density at radius 1 is 1.09 bits per heavy atom. The van der Waals surface area contributed by atoms with Crippen molar-refractivity contribution in [1.82, 2.24) is 25.1 Å². The van der Waals surface area contributed by atoms with E-state index in [4.69, 9.17) is 4.98 Å². The Bertz CT molecular complexity index is 1390. The molecular formula is C25H25BrN8O. The standard InChI is InChI=1S/C25H25BrN8O/c1-3-20(35)27-17-7-4-6-16(14-17)22-21-23(26)31-32-24(21)30-25(29-22)28-18-8-5-9-19(15-18)34-12-10-33(2)11-13-34/h3-9,14-15H,1,10-13H2,2H3,(H,27,35)(H2,28,29,30,31,32). The van der Waals surface area contributed by atoms with E-state index in [0.717, 1.165) is 48.5 Å². The summed E-state index contributed by atoms with van der Waals surface area (Å²) in [5.41, 5.74) is 4.73. The van der Waals surface area contributed by atoms with Gasteiger partial charge in [0.05, 0.1) is 11.1 Å². The minimum Gasteiger partial charge on any atom is -0.369 e. The zero-order valence-corrected chi connectivity index (χ0v) is 20.8. The first kappa shape index (κ1) is 23.0. The summed E-state index contributed by atoms with van der Waals surface area (Å²) in [6.45, 7) is 7.58. The fourth-order valence-corrected chi connectivity index (χ4v) is 4.52. The van der Waals surface area contributed by atoms with Crippen LogP contribution in [0.4, 0.5) is 23.0 Å². The topological polar surface area (TPSA) is 102 Å². The van der Waals surface area contributed by atoms with Crippen LogP contribution in [-0.2, 0) is 4.79 Å². The molecule has 2 aromatic carbocycles. The molecule has 0 atom stereocenters. The SMILES string of the molecule is C=CC(=O)Nc1cccc(-c2nc(Nc3cccc(N4CCN(C)CC4)c3)nc3n[nH]c(Br)c23)c1. The maximum Gasteiger partial charge on any atom is 0.247 e. The van der Waals surface area contributed by atoms with Crippen molar-refractivity contribution in [3.63, 3.8) is 0 Å². The number of benzene rings is 2. The minimum absolute atomic E-state index is 0.276. The molecule has 1 fully saturated rings. The number of aromatic amines is 1. The number of H-pyrrole nitrogens is 1. The number of anilines is 4. The molecule has 3 N–H and O–H groups in total. The van der Waals surface area contributed by atoms with Gasteiger partial charge in [-0.05, 0) is 59.4 Å². The normalized spacial score (nSPS) is 14.2. The molecule has 0 radical (unpaired) electrons. The van der Waals surface area contributed by atoms with E-state index in [-0.39, 0.29) is 5.91 Å². The monoisotopic (exact) mass is 532 g/mol. The first-order valence-electron chi connectivity index (χ1n) is 11.3. The Kier molecular flexibility index (Phi) is 6.47. The second kappa shape index (κ2) is 9.85. The van der Waals surface area contributed by atoms with Crippen LogP contribution in [0.15, 0.2) is 65.8 Å². The molecule has 0 saturated carbocycles. The van der Waals surface area contributed by atoms with Crippen LogP contribution in [0.3, 0.4) is 0 Å². The summed E-state index contributed by atoms with van der Waals surface area (Å²) < 4.78 is 0.687. The predicted octanol–water partition coefficient (Wildman–Crippen LogP) is 4.40. The second-order valence-electron chi connectivity index (χ2n) is 8.37. The van der Waals surface area contributed by atoms with Crippen LogP contribution < -0.4 is 15.5 Å². The number of rotatable bonds is 6. The molecule has 35 heavy (non-hydrogen) atoms. The lowest BCUT2D eigenvalue weighted by molar-refractivity contribution is -0.111. The van der Waals surface area contributed by atoms with Gasteiger partial charge in [-0.25, -0.2) is 4.98 Å². The van der Waals surface area contributed by atoms with Crippen LogP contribution in [0.2, 0.25) is 0 Å². The number of amides is 1. The van der Waals surface area contributed by atoms with E-state index in [0.29, 0.717) is 27.6 Å². The quantitative estimate of drug-likeness (QED) is 0.316. The average molecular weight is 533 g/mol. The lowest BCUT2D eigenvalue weighted by Gasteiger charge is -2.34. The second-order valence-corrected chi connectivity index (χ2v) is 9.16. The first-order chi connectivity index (χ1) is 17.0. The molecule has 1 saturated heterocycles. The zero-order valence-electron chi connectivity index (χ0n) is 19.3. The molecule has 1 aliphatic heterocycles. The zero-order chi connectivity index (χ0) is 24.4. The van der Waals surface area contributed by atoms with Crippen molar-refractivity contribution in [2.45, 2.75) is 0 Å². The maximum atomic E-state index is 11.8. The van der Waals surface area contributed by atoms with Crippen molar-refractivity contribution in [3.05, 3.63) is 65.8 Å². The molecule has 0 bridgehead atoms. The van der Waals surface area contributed by atoms with Gasteiger partial charge in [-0.3, -0.25) is 9.89 Å². The van der Waals surface area contributed by atoms with Crippen molar-refractivity contribution in [3.8, 4) is 11.3 Å². The van der Waals surface area contributed by atoms with Crippen LogP contribution in [0.1, 0.15) is 0 Å². The Hall–Kier alpha value is -3.76. The molecule has 0 spiro atoms. The highest BCUT2D eigenvalue weighted by Gasteiger charge is 2.18. The number of nitrogens with zero attached hydrogens (tertiary/aromatic N) is 5. The number of hydrogen-bond donors (Lipinski definition) is 3. The Labute approximate surface area is 211 Å². The average Bonchev–Trinajstić information content (AvgIpc) is 3.24. The van der Waals surface area contributed by atoms with Crippen LogP contribution in [-0.4, -0.2) is 64.2 Å². The summed E-state index contributed by atoms with van der Waals surface area (Å²) in [6.07, 6.45) is 1.24. The van der Waals surface area contributed by atoms with Gasteiger partial charge in [-0.15, -0.1) is 0 Å². The summed E-state index contributed by atoms with van der Waals surface area (Å²) in [5, 5.41) is 14.2. The largest absolute Gasteiger partial charge is 0.369 e. The maximum absolute atomic E-state index is 11.8. The van der Waals surface area contributed by atoms with Gasteiger partial charge in [0.15, 0.2) is 5.65 Å². The van der Waals surface area contributed by atoms with Gasteiger partial charge in [0.1, 0.15) is 4.60 Å². The number of nitrogens with one attached hydrogen (secondary N) is 3. The smallest absolute Gasteiger partial charge is 0.247 e. The van der Waals surface area contributed by atoms with E-state index in [1.807, 2.05) is 36.4 Å². The highest BCUT2D eigenvalue weighted by molar-refractivity contribution is 9.10. The summed E-state index contributed by atoms with van der Waals surface area (Å²) in [4.78, 5) is 25.9. The van der Waals surface area contributed by atoms with Crippen molar-refractivity contribution in [2.24, 2.45) is 0 Å². The van der Waals surface area contributed by atoms with Crippen molar-refractivity contribution in [2.75, 3.05) is 48.8 Å². The predicted molar refractivity (Wildman–Crippen MR) is 143 cm³/mol. The van der Waals surface area contributed by atoms with Crippen LogP contribution in [0.25, 0.3) is 22.3 Å². The molecule has 178 valence electrons. The number of aromatic nitrogens is 4. The molecule has 10 heteroatoms. The fourth-order valence-electron chi connectivity index (χ4n) is 4.07. The molecule has 0 unspecified atom stereocenters. The van der Waals surface area contributed by atoms with E-state index in [1.165, 1.54) is 6.08 Å². The highest BCUT2D eigenvalue weighted by Crippen LogP contribution is 2.33. The molecule has 3 heterocycles. The molecule has 5 rings (SSSR count).